The third kappa shape index (κ3) is 3.62. The number of anilines is 1. The number of hydrogen-bond acceptors (Lipinski definition) is 3. The van der Waals surface area contributed by atoms with Crippen LogP contribution >= 0.6 is 22.9 Å². The third-order valence-electron chi connectivity index (χ3n) is 4.52. The van der Waals surface area contributed by atoms with Gasteiger partial charge in [0.15, 0.2) is 0 Å². The zero-order chi connectivity index (χ0) is 17.0. The highest BCUT2D eigenvalue weighted by atomic mass is 35.5. The Labute approximate surface area is 150 Å². The van der Waals surface area contributed by atoms with Gasteiger partial charge in [0.1, 0.15) is 0 Å². The van der Waals surface area contributed by atoms with Crippen molar-refractivity contribution in [3.63, 3.8) is 0 Å². The molecule has 2 N–H and O–H groups in total. The van der Waals surface area contributed by atoms with E-state index in [2.05, 4.69) is 22.1 Å². The topological polar surface area (TPSA) is 58.2 Å². The number of nitrogens with one attached hydrogen (secondary N) is 2. The predicted molar refractivity (Wildman–Crippen MR) is 97.6 cm³/mol. The summed E-state index contributed by atoms with van der Waals surface area (Å²) in [7, 11) is 0. The zero-order valence-corrected chi connectivity index (χ0v) is 14.8. The molecule has 1 aromatic carbocycles. The number of carbonyl (C=O) groups excluding carboxylic acids is 2. The molecule has 0 atom stereocenters. The number of hydrogen-bond donors (Lipinski definition) is 2. The standard InChI is InChI=1S/C18H19ClN2O2S/c19-13-6-1-2-7-14(13)21-17(23)16(22)20-12-18(9-3-4-10-18)15-8-5-11-24-15/h1-2,5-8,11H,3-4,9-10,12H2,(H,20,22)(H,21,23). The maximum Gasteiger partial charge on any atom is 0.313 e. The van der Waals surface area contributed by atoms with E-state index in [1.54, 1.807) is 35.6 Å². The molecular formula is C18H19ClN2O2S. The monoisotopic (exact) mass is 362 g/mol. The molecule has 1 heterocycles. The Kier molecular flexibility index (Phi) is 5.21. The summed E-state index contributed by atoms with van der Waals surface area (Å²) in [6.45, 7) is 0.488. The van der Waals surface area contributed by atoms with Crippen LogP contribution in [-0.2, 0) is 15.0 Å². The molecule has 0 radical (unpaired) electrons. The third-order valence-corrected chi connectivity index (χ3v) is 5.97. The Hall–Kier alpha value is -1.85. The van der Waals surface area contributed by atoms with Crippen LogP contribution in [0.5, 0.6) is 0 Å². The smallest absolute Gasteiger partial charge is 0.313 e. The Morgan fingerprint density at radius 2 is 1.83 bits per heavy atom. The SMILES string of the molecule is O=C(NCC1(c2cccs2)CCCC1)C(=O)Nc1ccccc1Cl. The van der Waals surface area contributed by atoms with E-state index in [1.165, 1.54) is 4.88 Å². The lowest BCUT2D eigenvalue weighted by molar-refractivity contribution is -0.136. The van der Waals surface area contributed by atoms with Crippen LogP contribution in [0.15, 0.2) is 41.8 Å². The summed E-state index contributed by atoms with van der Waals surface area (Å²) in [6, 6.07) is 11.0. The first-order valence-corrected chi connectivity index (χ1v) is 9.24. The first-order chi connectivity index (χ1) is 11.6. The van der Waals surface area contributed by atoms with Crippen LogP contribution in [0.1, 0.15) is 30.6 Å². The van der Waals surface area contributed by atoms with E-state index >= 15 is 0 Å². The maximum atomic E-state index is 12.2. The molecule has 0 unspecified atom stereocenters. The number of amides is 2. The Balaban J connectivity index is 1.62. The molecule has 2 amide bonds. The van der Waals surface area contributed by atoms with Gasteiger partial charge < -0.3 is 10.6 Å². The van der Waals surface area contributed by atoms with E-state index < -0.39 is 11.8 Å². The average molecular weight is 363 g/mol. The van der Waals surface area contributed by atoms with Gasteiger partial charge in [-0.25, -0.2) is 0 Å². The lowest BCUT2D eigenvalue weighted by atomic mass is 9.84. The fourth-order valence-corrected chi connectivity index (χ4v) is 4.38. The van der Waals surface area contributed by atoms with Gasteiger partial charge in [0.25, 0.3) is 0 Å². The minimum absolute atomic E-state index is 0.0332. The van der Waals surface area contributed by atoms with Crippen molar-refractivity contribution < 1.29 is 9.59 Å². The molecule has 1 saturated carbocycles. The van der Waals surface area contributed by atoms with Gasteiger partial charge in [0.2, 0.25) is 0 Å². The van der Waals surface area contributed by atoms with Crippen LogP contribution in [0, 0.1) is 0 Å². The second-order valence-corrected chi connectivity index (χ2v) is 7.44. The van der Waals surface area contributed by atoms with Crippen molar-refractivity contribution in [2.24, 2.45) is 0 Å². The summed E-state index contributed by atoms with van der Waals surface area (Å²) in [4.78, 5) is 25.5. The number of benzene rings is 1. The normalized spacial score (nSPS) is 15.9. The zero-order valence-electron chi connectivity index (χ0n) is 13.2. The van der Waals surface area contributed by atoms with E-state index in [0.717, 1.165) is 25.7 Å². The fraction of sp³-hybridized carbons (Fsp3) is 0.333. The summed E-state index contributed by atoms with van der Waals surface area (Å²) >= 11 is 7.71. The first kappa shape index (κ1) is 17.0. The Morgan fingerprint density at radius 1 is 1.08 bits per heavy atom. The summed E-state index contributed by atoms with van der Waals surface area (Å²) in [5.74, 6) is -1.32. The van der Waals surface area contributed by atoms with Crippen molar-refractivity contribution in [2.75, 3.05) is 11.9 Å². The minimum Gasteiger partial charge on any atom is -0.347 e. The van der Waals surface area contributed by atoms with Gasteiger partial charge in [-0.1, -0.05) is 42.6 Å². The summed E-state index contributed by atoms with van der Waals surface area (Å²) < 4.78 is 0. The number of rotatable bonds is 4. The lowest BCUT2D eigenvalue weighted by Gasteiger charge is -2.28. The first-order valence-electron chi connectivity index (χ1n) is 7.98. The van der Waals surface area contributed by atoms with Gasteiger partial charge in [0, 0.05) is 16.8 Å². The maximum absolute atomic E-state index is 12.2. The van der Waals surface area contributed by atoms with Gasteiger partial charge in [-0.2, -0.15) is 0 Å². The highest BCUT2D eigenvalue weighted by molar-refractivity contribution is 7.10. The second kappa shape index (κ2) is 7.36. The van der Waals surface area contributed by atoms with Crippen LogP contribution < -0.4 is 10.6 Å². The van der Waals surface area contributed by atoms with E-state index in [4.69, 9.17) is 11.6 Å². The molecule has 1 aromatic heterocycles. The molecule has 0 aliphatic heterocycles. The van der Waals surface area contributed by atoms with Crippen LogP contribution in [0.25, 0.3) is 0 Å². The Bertz CT molecular complexity index is 724. The predicted octanol–water partition coefficient (Wildman–Crippen LogP) is 3.97. The summed E-state index contributed by atoms with van der Waals surface area (Å²) in [5, 5.41) is 7.82. The van der Waals surface area contributed by atoms with Crippen molar-refractivity contribution in [1.82, 2.24) is 5.32 Å². The van der Waals surface area contributed by atoms with Crippen LogP contribution in [0.3, 0.4) is 0 Å². The average Bonchev–Trinajstić information content (AvgIpc) is 3.26. The van der Waals surface area contributed by atoms with E-state index in [0.29, 0.717) is 17.3 Å². The van der Waals surface area contributed by atoms with Crippen LogP contribution in [0.4, 0.5) is 5.69 Å². The van der Waals surface area contributed by atoms with Crippen LogP contribution in [-0.4, -0.2) is 18.4 Å². The number of carbonyl (C=O) groups is 2. The number of para-hydroxylation sites is 1. The molecule has 1 aliphatic rings. The molecule has 1 fully saturated rings. The highest BCUT2D eigenvalue weighted by Gasteiger charge is 2.37. The van der Waals surface area contributed by atoms with Gasteiger partial charge in [0.05, 0.1) is 10.7 Å². The molecular weight excluding hydrogens is 344 g/mol. The molecule has 0 saturated heterocycles. The lowest BCUT2D eigenvalue weighted by Crippen LogP contribution is -2.43. The summed E-state index contributed by atoms with van der Waals surface area (Å²) in [5.41, 5.74) is 0.405. The van der Waals surface area contributed by atoms with Crippen molar-refractivity contribution in [3.8, 4) is 0 Å². The van der Waals surface area contributed by atoms with E-state index in [9.17, 15) is 9.59 Å². The van der Waals surface area contributed by atoms with Gasteiger partial charge >= 0.3 is 11.8 Å². The molecule has 24 heavy (non-hydrogen) atoms. The number of halogens is 1. The van der Waals surface area contributed by atoms with Gasteiger partial charge in [-0.05, 0) is 36.4 Å². The van der Waals surface area contributed by atoms with Gasteiger partial charge in [-0.15, -0.1) is 11.3 Å². The van der Waals surface area contributed by atoms with E-state index in [-0.39, 0.29) is 5.41 Å². The molecule has 1 aliphatic carbocycles. The molecule has 126 valence electrons. The number of thiophene rings is 1. The fourth-order valence-electron chi connectivity index (χ4n) is 3.21. The molecule has 3 rings (SSSR count). The van der Waals surface area contributed by atoms with Crippen molar-refractivity contribution in [3.05, 3.63) is 51.7 Å². The van der Waals surface area contributed by atoms with Gasteiger partial charge in [-0.3, -0.25) is 9.59 Å². The Morgan fingerprint density at radius 3 is 2.50 bits per heavy atom. The largest absolute Gasteiger partial charge is 0.347 e. The quantitative estimate of drug-likeness (QED) is 0.808. The van der Waals surface area contributed by atoms with E-state index in [1.807, 2.05) is 6.07 Å². The minimum atomic E-state index is -0.692. The molecule has 0 bridgehead atoms. The highest BCUT2D eigenvalue weighted by Crippen LogP contribution is 2.42. The summed E-state index contributed by atoms with van der Waals surface area (Å²) in [6.07, 6.45) is 4.39. The molecule has 2 aromatic rings. The van der Waals surface area contributed by atoms with Crippen molar-refractivity contribution in [1.29, 1.82) is 0 Å². The van der Waals surface area contributed by atoms with Crippen molar-refractivity contribution >= 4 is 40.4 Å². The van der Waals surface area contributed by atoms with Crippen molar-refractivity contribution in [2.45, 2.75) is 31.1 Å². The molecule has 4 nitrogen and oxygen atoms in total. The molecule has 6 heteroatoms. The second-order valence-electron chi connectivity index (χ2n) is 6.08. The molecule has 0 spiro atoms. The van der Waals surface area contributed by atoms with Crippen LogP contribution in [0.2, 0.25) is 5.02 Å².